The van der Waals surface area contributed by atoms with Gasteiger partial charge in [-0.3, -0.25) is 0 Å². The van der Waals surface area contributed by atoms with Crippen molar-refractivity contribution in [3.63, 3.8) is 0 Å². The molecule has 1 saturated carbocycles. The van der Waals surface area contributed by atoms with E-state index < -0.39 is 5.60 Å². The quantitative estimate of drug-likeness (QED) is 0.443. The number of nitrogens with one attached hydrogen (secondary N) is 2. The van der Waals surface area contributed by atoms with E-state index in [1.165, 1.54) is 0 Å². The minimum Gasteiger partial charge on any atom is -0.388 e. The summed E-state index contributed by atoms with van der Waals surface area (Å²) in [6.45, 7) is 2.51. The van der Waals surface area contributed by atoms with E-state index in [-0.39, 0.29) is 0 Å². The second kappa shape index (κ2) is 4.85. The molecule has 6 nitrogen and oxygen atoms in total. The summed E-state index contributed by atoms with van der Waals surface area (Å²) in [5.41, 5.74) is 1.95. The summed E-state index contributed by atoms with van der Waals surface area (Å²) < 4.78 is 0. The molecule has 2 rings (SSSR count). The van der Waals surface area contributed by atoms with Crippen LogP contribution in [0.15, 0.2) is 6.07 Å². The van der Waals surface area contributed by atoms with Crippen molar-refractivity contribution >= 4 is 11.6 Å². The Morgan fingerprint density at radius 3 is 2.65 bits per heavy atom. The molecule has 1 fully saturated rings. The summed E-state index contributed by atoms with van der Waals surface area (Å²) in [6.07, 6.45) is 3.55. The van der Waals surface area contributed by atoms with Crippen molar-refractivity contribution in [3.05, 3.63) is 11.9 Å². The average Bonchev–Trinajstić information content (AvgIpc) is 2.33. The number of aryl methyl sites for hydroxylation is 1. The van der Waals surface area contributed by atoms with Gasteiger partial charge in [0.15, 0.2) is 0 Å². The lowest BCUT2D eigenvalue weighted by molar-refractivity contribution is -0.0202. The van der Waals surface area contributed by atoms with Crippen molar-refractivity contribution < 1.29 is 5.11 Å². The lowest BCUT2D eigenvalue weighted by Crippen LogP contribution is -2.43. The van der Waals surface area contributed by atoms with Crippen LogP contribution in [0.2, 0.25) is 0 Å². The van der Waals surface area contributed by atoms with Crippen LogP contribution in [0.4, 0.5) is 11.6 Å². The lowest BCUT2D eigenvalue weighted by Gasteiger charge is -2.36. The molecule has 0 aromatic carbocycles. The molecule has 0 bridgehead atoms. The smallest absolute Gasteiger partial charge is 0.145 e. The Morgan fingerprint density at radius 2 is 2.12 bits per heavy atom. The third kappa shape index (κ3) is 2.83. The highest BCUT2D eigenvalue weighted by atomic mass is 16.3. The molecule has 1 aliphatic carbocycles. The van der Waals surface area contributed by atoms with Crippen molar-refractivity contribution in [1.29, 1.82) is 0 Å². The van der Waals surface area contributed by atoms with Gasteiger partial charge in [-0.05, 0) is 19.3 Å². The molecule has 0 aliphatic heterocycles. The maximum atomic E-state index is 9.98. The SMILES string of the molecule is CCc1nc(NN)cc(NCC2(O)CCC2)n1. The summed E-state index contributed by atoms with van der Waals surface area (Å²) >= 11 is 0. The zero-order chi connectivity index (χ0) is 12.3. The van der Waals surface area contributed by atoms with E-state index in [4.69, 9.17) is 5.84 Å². The Kier molecular flexibility index (Phi) is 3.44. The third-order valence-corrected chi connectivity index (χ3v) is 3.12. The van der Waals surface area contributed by atoms with Crippen LogP contribution in [-0.2, 0) is 6.42 Å². The van der Waals surface area contributed by atoms with E-state index in [9.17, 15) is 5.11 Å². The molecule has 1 heterocycles. The van der Waals surface area contributed by atoms with Crippen molar-refractivity contribution in [1.82, 2.24) is 9.97 Å². The van der Waals surface area contributed by atoms with Gasteiger partial charge in [-0.15, -0.1) is 0 Å². The molecule has 0 unspecified atom stereocenters. The molecule has 6 heteroatoms. The average molecular weight is 237 g/mol. The zero-order valence-corrected chi connectivity index (χ0v) is 10.0. The van der Waals surface area contributed by atoms with Gasteiger partial charge < -0.3 is 15.8 Å². The first kappa shape index (κ1) is 12.1. The van der Waals surface area contributed by atoms with Gasteiger partial charge in [-0.1, -0.05) is 6.92 Å². The van der Waals surface area contributed by atoms with Crippen molar-refractivity contribution in [2.24, 2.45) is 5.84 Å². The van der Waals surface area contributed by atoms with Gasteiger partial charge in [0.05, 0.1) is 5.60 Å². The molecule has 0 spiro atoms. The maximum Gasteiger partial charge on any atom is 0.145 e. The molecule has 0 saturated heterocycles. The number of hydrogen-bond donors (Lipinski definition) is 4. The molecule has 1 aromatic heterocycles. The van der Waals surface area contributed by atoms with E-state index in [0.29, 0.717) is 18.2 Å². The van der Waals surface area contributed by atoms with Crippen LogP contribution >= 0.6 is 0 Å². The largest absolute Gasteiger partial charge is 0.388 e. The normalized spacial score (nSPS) is 17.4. The first-order valence-electron chi connectivity index (χ1n) is 5.96. The van der Waals surface area contributed by atoms with Gasteiger partial charge in [-0.2, -0.15) is 0 Å². The summed E-state index contributed by atoms with van der Waals surface area (Å²) in [5, 5.41) is 13.1. The van der Waals surface area contributed by atoms with Crippen LogP contribution in [-0.4, -0.2) is 27.2 Å². The van der Waals surface area contributed by atoms with Gasteiger partial charge in [0.2, 0.25) is 0 Å². The number of anilines is 2. The number of nitrogens with two attached hydrogens (primary N) is 1. The van der Waals surface area contributed by atoms with E-state index in [0.717, 1.165) is 31.5 Å². The van der Waals surface area contributed by atoms with Crippen molar-refractivity contribution in [2.45, 2.75) is 38.2 Å². The number of rotatable bonds is 5. The molecule has 0 radical (unpaired) electrons. The van der Waals surface area contributed by atoms with E-state index in [1.807, 2.05) is 6.92 Å². The molecular formula is C11H19N5O. The van der Waals surface area contributed by atoms with E-state index >= 15 is 0 Å². The number of nitrogen functional groups attached to an aromatic ring is 1. The summed E-state index contributed by atoms with van der Waals surface area (Å²) in [4.78, 5) is 8.53. The van der Waals surface area contributed by atoms with Gasteiger partial charge >= 0.3 is 0 Å². The molecule has 0 atom stereocenters. The third-order valence-electron chi connectivity index (χ3n) is 3.12. The van der Waals surface area contributed by atoms with Crippen LogP contribution in [0.25, 0.3) is 0 Å². The van der Waals surface area contributed by atoms with Crippen LogP contribution in [0.5, 0.6) is 0 Å². The maximum absolute atomic E-state index is 9.98. The van der Waals surface area contributed by atoms with Gasteiger partial charge in [0, 0.05) is 19.0 Å². The Morgan fingerprint density at radius 1 is 1.41 bits per heavy atom. The fourth-order valence-corrected chi connectivity index (χ4v) is 1.84. The number of aliphatic hydroxyl groups is 1. The molecular weight excluding hydrogens is 218 g/mol. The fraction of sp³-hybridized carbons (Fsp3) is 0.636. The van der Waals surface area contributed by atoms with Crippen LogP contribution in [0, 0.1) is 0 Å². The Labute approximate surface area is 101 Å². The molecule has 94 valence electrons. The Hall–Kier alpha value is -1.40. The van der Waals surface area contributed by atoms with Gasteiger partial charge in [-0.25, -0.2) is 15.8 Å². The first-order valence-corrected chi connectivity index (χ1v) is 5.96. The Bertz CT molecular complexity index is 369. The fourth-order valence-electron chi connectivity index (χ4n) is 1.84. The summed E-state index contributed by atoms with van der Waals surface area (Å²) in [7, 11) is 0. The van der Waals surface area contributed by atoms with E-state index in [2.05, 4.69) is 20.7 Å². The number of hydrazine groups is 1. The van der Waals surface area contributed by atoms with Crippen LogP contribution < -0.4 is 16.6 Å². The van der Waals surface area contributed by atoms with Crippen LogP contribution in [0.3, 0.4) is 0 Å². The minimum absolute atomic E-state index is 0.525. The highest BCUT2D eigenvalue weighted by molar-refractivity contribution is 5.47. The molecule has 0 amide bonds. The van der Waals surface area contributed by atoms with Gasteiger partial charge in [0.25, 0.3) is 0 Å². The number of nitrogens with zero attached hydrogens (tertiary/aromatic N) is 2. The number of aromatic nitrogens is 2. The summed E-state index contributed by atoms with van der Waals surface area (Å²) in [5.74, 6) is 7.35. The predicted octanol–water partition coefficient (Wildman–Crippen LogP) is 0.651. The van der Waals surface area contributed by atoms with E-state index in [1.54, 1.807) is 6.07 Å². The second-order valence-electron chi connectivity index (χ2n) is 4.48. The van der Waals surface area contributed by atoms with Crippen molar-refractivity contribution in [3.8, 4) is 0 Å². The molecule has 1 aliphatic rings. The molecule has 5 N–H and O–H groups in total. The molecule has 17 heavy (non-hydrogen) atoms. The monoisotopic (exact) mass is 237 g/mol. The minimum atomic E-state index is -0.562. The topological polar surface area (TPSA) is 96.1 Å². The molecule has 1 aromatic rings. The Balaban J connectivity index is 2.03. The first-order chi connectivity index (χ1) is 8.15. The van der Waals surface area contributed by atoms with Crippen molar-refractivity contribution in [2.75, 3.05) is 17.3 Å². The lowest BCUT2D eigenvalue weighted by atomic mass is 9.80. The second-order valence-corrected chi connectivity index (χ2v) is 4.48. The van der Waals surface area contributed by atoms with Gasteiger partial charge in [0.1, 0.15) is 17.5 Å². The summed E-state index contributed by atoms with van der Waals surface area (Å²) in [6, 6.07) is 1.74. The predicted molar refractivity (Wildman–Crippen MR) is 66.5 cm³/mol. The zero-order valence-electron chi connectivity index (χ0n) is 10.0. The standard InChI is InChI=1S/C11H19N5O/c1-2-8-14-9(6-10(15-8)16-12)13-7-11(17)4-3-5-11/h6,17H,2-5,7,12H2,1H3,(H2,13,14,15,16). The van der Waals surface area contributed by atoms with Crippen LogP contribution in [0.1, 0.15) is 32.0 Å². The number of hydrogen-bond acceptors (Lipinski definition) is 6. The highest BCUT2D eigenvalue weighted by Crippen LogP contribution is 2.31. The highest BCUT2D eigenvalue weighted by Gasteiger charge is 2.34.